The van der Waals surface area contributed by atoms with Crippen LogP contribution in [0.3, 0.4) is 0 Å². The Hall–Kier alpha value is -2.10. The van der Waals surface area contributed by atoms with Crippen LogP contribution in [0.5, 0.6) is 0 Å². The molecule has 1 aromatic carbocycles. The Morgan fingerprint density at radius 3 is 2.71 bits per heavy atom. The highest BCUT2D eigenvalue weighted by atomic mass is 32.2. The molecule has 0 spiro atoms. The number of rotatable bonds is 7. The van der Waals surface area contributed by atoms with Crippen molar-refractivity contribution in [2.24, 2.45) is 5.92 Å². The van der Waals surface area contributed by atoms with Crippen LogP contribution in [0.2, 0.25) is 0 Å². The zero-order valence-corrected chi connectivity index (χ0v) is 16.7. The number of tetrazole rings is 1. The molecular formula is C18H22F3N5OS. The van der Waals surface area contributed by atoms with E-state index >= 15 is 0 Å². The van der Waals surface area contributed by atoms with E-state index in [1.165, 1.54) is 4.68 Å². The van der Waals surface area contributed by atoms with Gasteiger partial charge in [-0.3, -0.25) is 4.79 Å². The lowest BCUT2D eigenvalue weighted by Gasteiger charge is -2.30. The first-order chi connectivity index (χ1) is 13.2. The van der Waals surface area contributed by atoms with E-state index in [0.29, 0.717) is 5.16 Å². The smallest absolute Gasteiger partial charge is 0.330 e. The molecule has 1 heterocycles. The molecule has 0 bridgehead atoms. The fourth-order valence-corrected chi connectivity index (χ4v) is 3.83. The summed E-state index contributed by atoms with van der Waals surface area (Å²) in [4.78, 5) is 13.5. The van der Waals surface area contributed by atoms with Crippen LogP contribution in [0.1, 0.15) is 30.9 Å². The average Bonchev–Trinajstić information content (AvgIpc) is 3.37. The normalized spacial score (nSPS) is 15.5. The molecule has 1 aliphatic rings. The lowest BCUT2D eigenvalue weighted by molar-refractivity contribution is -0.164. The van der Waals surface area contributed by atoms with E-state index in [4.69, 9.17) is 0 Å². The number of hydrogen-bond acceptors (Lipinski definition) is 5. The van der Waals surface area contributed by atoms with E-state index in [1.807, 2.05) is 32.0 Å². The van der Waals surface area contributed by atoms with Gasteiger partial charge < -0.3 is 4.90 Å². The lowest BCUT2D eigenvalue weighted by Crippen LogP contribution is -2.46. The minimum atomic E-state index is -4.43. The Morgan fingerprint density at radius 2 is 2.07 bits per heavy atom. The van der Waals surface area contributed by atoms with Crippen molar-refractivity contribution in [1.29, 1.82) is 0 Å². The van der Waals surface area contributed by atoms with Crippen molar-refractivity contribution in [2.45, 2.75) is 51.0 Å². The minimum Gasteiger partial charge on any atom is -0.330 e. The molecule has 0 N–H and O–H groups in total. The van der Waals surface area contributed by atoms with E-state index in [-0.39, 0.29) is 11.7 Å². The Bertz CT molecular complexity index is 850. The molecule has 1 unspecified atom stereocenters. The van der Waals surface area contributed by atoms with Gasteiger partial charge in [-0.25, -0.2) is 0 Å². The van der Waals surface area contributed by atoms with Crippen LogP contribution in [0, 0.1) is 19.8 Å². The summed E-state index contributed by atoms with van der Waals surface area (Å²) in [7, 11) is 0. The van der Waals surface area contributed by atoms with Gasteiger partial charge in [-0.15, -0.1) is 5.10 Å². The largest absolute Gasteiger partial charge is 0.406 e. The second-order valence-corrected chi connectivity index (χ2v) is 8.11. The third-order valence-corrected chi connectivity index (χ3v) is 5.73. The summed E-state index contributed by atoms with van der Waals surface area (Å²) >= 11 is 1.04. The van der Waals surface area contributed by atoms with Gasteiger partial charge in [0.05, 0.1) is 11.4 Å². The average molecular weight is 413 g/mol. The predicted octanol–water partition coefficient (Wildman–Crippen LogP) is 3.56. The number of aromatic nitrogens is 4. The van der Waals surface area contributed by atoms with E-state index in [2.05, 4.69) is 15.5 Å². The second kappa shape index (κ2) is 8.10. The van der Waals surface area contributed by atoms with Crippen molar-refractivity contribution in [2.75, 3.05) is 12.3 Å². The molecule has 152 valence electrons. The highest BCUT2D eigenvalue weighted by Crippen LogP contribution is 2.36. The van der Waals surface area contributed by atoms with Crippen LogP contribution in [0.15, 0.2) is 23.4 Å². The number of carbonyl (C=O) groups is 1. The quantitative estimate of drug-likeness (QED) is 0.650. The number of thioether (sulfide) groups is 1. The number of alkyl halides is 3. The standard InChI is InChI=1S/C18H22F3N5OS/c1-11-4-5-12(2)15(8-11)26-17(22-23-24-26)28-9-16(27)25(10-18(19,20)21)13(3)14-6-7-14/h4-5,8,13-14H,6-7,9-10H2,1-3H3. The summed E-state index contributed by atoms with van der Waals surface area (Å²) in [5.41, 5.74) is 2.75. The van der Waals surface area contributed by atoms with Crippen molar-refractivity contribution in [1.82, 2.24) is 25.1 Å². The Morgan fingerprint density at radius 1 is 1.36 bits per heavy atom. The minimum absolute atomic E-state index is 0.150. The summed E-state index contributed by atoms with van der Waals surface area (Å²) in [5, 5.41) is 11.9. The van der Waals surface area contributed by atoms with Crippen LogP contribution < -0.4 is 0 Å². The van der Waals surface area contributed by atoms with Gasteiger partial charge in [0.15, 0.2) is 0 Å². The first-order valence-electron chi connectivity index (χ1n) is 9.01. The summed E-state index contributed by atoms with van der Waals surface area (Å²) < 4.78 is 40.4. The van der Waals surface area contributed by atoms with Gasteiger partial charge in [-0.05, 0) is 67.2 Å². The third kappa shape index (κ3) is 5.03. The van der Waals surface area contributed by atoms with E-state index in [9.17, 15) is 18.0 Å². The summed E-state index contributed by atoms with van der Waals surface area (Å²) in [5.74, 6) is -0.563. The first-order valence-corrected chi connectivity index (χ1v) is 9.99. The monoisotopic (exact) mass is 413 g/mol. The number of benzene rings is 1. The molecule has 6 nitrogen and oxygen atoms in total. The van der Waals surface area contributed by atoms with Crippen molar-refractivity contribution >= 4 is 17.7 Å². The topological polar surface area (TPSA) is 63.9 Å². The number of hydrogen-bond donors (Lipinski definition) is 0. The van der Waals surface area contributed by atoms with Gasteiger partial charge in [0.2, 0.25) is 11.1 Å². The van der Waals surface area contributed by atoms with E-state index in [1.54, 1.807) is 6.92 Å². The highest BCUT2D eigenvalue weighted by Gasteiger charge is 2.40. The fourth-order valence-electron chi connectivity index (χ4n) is 3.06. The maximum atomic E-state index is 13.0. The molecule has 0 radical (unpaired) electrons. The van der Waals surface area contributed by atoms with Gasteiger partial charge in [-0.2, -0.15) is 17.9 Å². The molecule has 0 saturated heterocycles. The number of aryl methyl sites for hydroxylation is 2. The van der Waals surface area contributed by atoms with Crippen molar-refractivity contribution < 1.29 is 18.0 Å². The fraction of sp³-hybridized carbons (Fsp3) is 0.556. The Balaban J connectivity index is 1.73. The molecule has 1 atom stereocenters. The SMILES string of the molecule is Cc1ccc(C)c(-n2nnnc2SCC(=O)N(CC(F)(F)F)C(C)C2CC2)c1. The summed E-state index contributed by atoms with van der Waals surface area (Å²) in [6.07, 6.45) is -2.70. The number of carbonyl (C=O) groups excluding carboxylic acids is 1. The van der Waals surface area contributed by atoms with Gasteiger partial charge in [0.25, 0.3) is 0 Å². The van der Waals surface area contributed by atoms with Gasteiger partial charge in [0, 0.05) is 6.04 Å². The van der Waals surface area contributed by atoms with E-state index < -0.39 is 24.7 Å². The first kappa shape index (κ1) is 20.6. The van der Waals surface area contributed by atoms with Crippen LogP contribution in [-0.4, -0.2) is 55.5 Å². The van der Waals surface area contributed by atoms with Gasteiger partial charge >= 0.3 is 6.18 Å². The molecule has 1 saturated carbocycles. The maximum Gasteiger partial charge on any atom is 0.406 e. The maximum absolute atomic E-state index is 13.0. The number of amides is 1. The number of halogens is 3. The molecule has 1 aromatic heterocycles. The number of nitrogens with zero attached hydrogens (tertiary/aromatic N) is 5. The Kier molecular flexibility index (Phi) is 5.97. The lowest BCUT2D eigenvalue weighted by atomic mass is 10.1. The van der Waals surface area contributed by atoms with E-state index in [0.717, 1.165) is 46.3 Å². The molecule has 28 heavy (non-hydrogen) atoms. The van der Waals surface area contributed by atoms with Crippen LogP contribution >= 0.6 is 11.8 Å². The molecule has 10 heteroatoms. The van der Waals surface area contributed by atoms with Crippen molar-refractivity contribution in [3.05, 3.63) is 29.3 Å². The summed E-state index contributed by atoms with van der Waals surface area (Å²) in [6, 6.07) is 5.40. The Labute approximate surface area is 165 Å². The molecule has 1 aliphatic carbocycles. The molecule has 2 aromatic rings. The molecule has 1 amide bonds. The molecular weight excluding hydrogens is 391 g/mol. The van der Waals surface area contributed by atoms with Gasteiger partial charge in [-0.1, -0.05) is 23.9 Å². The molecule has 0 aliphatic heterocycles. The zero-order chi connectivity index (χ0) is 20.5. The summed E-state index contributed by atoms with van der Waals surface area (Å²) in [6.45, 7) is 4.31. The highest BCUT2D eigenvalue weighted by molar-refractivity contribution is 7.99. The third-order valence-electron chi connectivity index (χ3n) is 4.82. The van der Waals surface area contributed by atoms with Crippen molar-refractivity contribution in [3.8, 4) is 5.69 Å². The molecule has 1 fully saturated rings. The predicted molar refractivity (Wildman–Crippen MR) is 99.3 cm³/mol. The van der Waals surface area contributed by atoms with Crippen LogP contribution in [-0.2, 0) is 4.79 Å². The van der Waals surface area contributed by atoms with Crippen molar-refractivity contribution in [3.63, 3.8) is 0 Å². The van der Waals surface area contributed by atoms with Gasteiger partial charge in [0.1, 0.15) is 6.54 Å². The molecule has 3 rings (SSSR count). The van der Waals surface area contributed by atoms with Crippen LogP contribution in [0.25, 0.3) is 5.69 Å². The zero-order valence-electron chi connectivity index (χ0n) is 15.9. The second-order valence-electron chi connectivity index (χ2n) is 7.17. The van der Waals surface area contributed by atoms with Crippen LogP contribution in [0.4, 0.5) is 13.2 Å².